The summed E-state index contributed by atoms with van der Waals surface area (Å²) in [6, 6.07) is 3.75. The Balaban J connectivity index is 3.31. The molecule has 0 aliphatic carbocycles. The molecule has 0 bridgehead atoms. The molecule has 54 valence electrons. The van der Waals surface area contributed by atoms with Crippen LogP contribution in [0.4, 0.5) is 0 Å². The molecule has 0 spiro atoms. The second-order valence-corrected chi connectivity index (χ2v) is 4.14. The van der Waals surface area contributed by atoms with Crippen LogP contribution in [0.2, 0.25) is 5.02 Å². The number of rotatable bonds is 0. The molecule has 0 amide bonds. The van der Waals surface area contributed by atoms with Crippen LogP contribution in [0.15, 0.2) is 21.1 Å². The van der Waals surface area contributed by atoms with Crippen LogP contribution in [-0.4, -0.2) is 0 Å². The lowest BCUT2D eigenvalue weighted by atomic mass is 10.2. The van der Waals surface area contributed by atoms with E-state index >= 15 is 0 Å². The van der Waals surface area contributed by atoms with Crippen LogP contribution in [-0.2, 0) is 0 Å². The molecule has 0 saturated carbocycles. The second-order valence-electron chi connectivity index (χ2n) is 1.99. The summed E-state index contributed by atoms with van der Waals surface area (Å²) in [7, 11) is 0. The fraction of sp³-hybridized carbons (Fsp3) is 0.143. The van der Waals surface area contributed by atoms with Gasteiger partial charge in [0.25, 0.3) is 0 Å². The number of benzene rings is 1. The van der Waals surface area contributed by atoms with E-state index in [0.717, 1.165) is 14.0 Å². The van der Waals surface area contributed by atoms with E-state index in [2.05, 4.69) is 31.9 Å². The average molecular weight is 284 g/mol. The van der Waals surface area contributed by atoms with Gasteiger partial charge in [-0.05, 0) is 24.6 Å². The van der Waals surface area contributed by atoms with Crippen LogP contribution in [0.5, 0.6) is 0 Å². The molecule has 0 aliphatic rings. The third-order valence-corrected chi connectivity index (χ3v) is 3.11. The zero-order valence-corrected chi connectivity index (χ0v) is 9.22. The van der Waals surface area contributed by atoms with Crippen molar-refractivity contribution in [2.75, 3.05) is 0 Å². The molecule has 0 heterocycles. The number of hydrogen-bond donors (Lipinski definition) is 0. The summed E-state index contributed by atoms with van der Waals surface area (Å²) in [6.07, 6.45) is 0. The van der Waals surface area contributed by atoms with Crippen LogP contribution in [0, 0.1) is 6.92 Å². The fourth-order valence-electron chi connectivity index (χ4n) is 0.614. The summed E-state index contributed by atoms with van der Waals surface area (Å²) < 4.78 is 2.07. The van der Waals surface area contributed by atoms with Gasteiger partial charge in [0.1, 0.15) is 0 Å². The maximum absolute atomic E-state index is 5.76. The van der Waals surface area contributed by atoms with E-state index in [9.17, 15) is 0 Å². The first-order chi connectivity index (χ1) is 4.61. The minimum absolute atomic E-state index is 0.740. The predicted octanol–water partition coefficient (Wildman–Crippen LogP) is 4.17. The van der Waals surface area contributed by atoms with E-state index < -0.39 is 0 Å². The van der Waals surface area contributed by atoms with Crippen molar-refractivity contribution in [3.05, 3.63) is 31.7 Å². The molecule has 0 unspecified atom stereocenters. The molecule has 0 aliphatic heterocycles. The van der Waals surface area contributed by atoms with Crippen molar-refractivity contribution < 1.29 is 0 Å². The minimum Gasteiger partial charge on any atom is -0.0843 e. The Morgan fingerprint density at radius 1 is 1.20 bits per heavy atom. The van der Waals surface area contributed by atoms with Gasteiger partial charge in [-0.25, -0.2) is 0 Å². The standard InChI is InChI=1S/C7H5Br2Cl/c1-4-6(8)2-5(10)3-7(4)9/h2-3H,1H3. The van der Waals surface area contributed by atoms with E-state index in [4.69, 9.17) is 11.6 Å². The molecule has 3 heteroatoms. The molecule has 0 atom stereocenters. The summed E-state index contributed by atoms with van der Waals surface area (Å²) in [4.78, 5) is 0. The summed E-state index contributed by atoms with van der Waals surface area (Å²) >= 11 is 12.5. The van der Waals surface area contributed by atoms with E-state index in [-0.39, 0.29) is 0 Å². The van der Waals surface area contributed by atoms with Gasteiger partial charge in [-0.1, -0.05) is 43.5 Å². The topological polar surface area (TPSA) is 0 Å². The molecular weight excluding hydrogens is 279 g/mol. The highest BCUT2D eigenvalue weighted by molar-refractivity contribution is 9.11. The molecule has 0 fully saturated rings. The van der Waals surface area contributed by atoms with Gasteiger partial charge in [-0.3, -0.25) is 0 Å². The van der Waals surface area contributed by atoms with Crippen LogP contribution in [0.1, 0.15) is 5.56 Å². The van der Waals surface area contributed by atoms with Gasteiger partial charge >= 0.3 is 0 Å². The zero-order valence-electron chi connectivity index (χ0n) is 5.29. The van der Waals surface area contributed by atoms with Crippen LogP contribution in [0.3, 0.4) is 0 Å². The summed E-state index contributed by atoms with van der Waals surface area (Å²) in [5.41, 5.74) is 1.17. The van der Waals surface area contributed by atoms with Crippen LogP contribution in [0.25, 0.3) is 0 Å². The minimum atomic E-state index is 0.740. The second kappa shape index (κ2) is 3.24. The molecule has 1 aromatic rings. The van der Waals surface area contributed by atoms with Crippen LogP contribution < -0.4 is 0 Å². The molecule has 1 aromatic carbocycles. The summed E-state index contributed by atoms with van der Waals surface area (Å²) in [5.74, 6) is 0. The summed E-state index contributed by atoms with van der Waals surface area (Å²) in [6.45, 7) is 2.02. The predicted molar refractivity (Wildman–Crippen MR) is 51.6 cm³/mol. The van der Waals surface area contributed by atoms with Crippen molar-refractivity contribution in [2.24, 2.45) is 0 Å². The van der Waals surface area contributed by atoms with E-state index in [1.165, 1.54) is 5.56 Å². The Bertz CT molecular complexity index is 235. The first-order valence-corrected chi connectivity index (χ1v) is 4.69. The van der Waals surface area contributed by atoms with Crippen LogP contribution >= 0.6 is 43.5 Å². The van der Waals surface area contributed by atoms with Crippen molar-refractivity contribution in [2.45, 2.75) is 6.92 Å². The van der Waals surface area contributed by atoms with Crippen molar-refractivity contribution in [1.29, 1.82) is 0 Å². The van der Waals surface area contributed by atoms with Gasteiger partial charge < -0.3 is 0 Å². The molecule has 0 N–H and O–H groups in total. The first kappa shape index (κ1) is 8.57. The number of halogens is 3. The molecule has 0 nitrogen and oxygen atoms in total. The lowest BCUT2D eigenvalue weighted by Gasteiger charge is -2.00. The van der Waals surface area contributed by atoms with E-state index in [1.54, 1.807) is 0 Å². The van der Waals surface area contributed by atoms with Gasteiger partial charge in [0, 0.05) is 14.0 Å². The highest BCUT2D eigenvalue weighted by atomic mass is 79.9. The molecule has 10 heavy (non-hydrogen) atoms. The maximum atomic E-state index is 5.76. The molecule has 1 rings (SSSR count). The Hall–Kier alpha value is 0.470. The smallest absolute Gasteiger partial charge is 0.0428 e. The lowest BCUT2D eigenvalue weighted by Crippen LogP contribution is -1.77. The highest BCUT2D eigenvalue weighted by Crippen LogP contribution is 2.28. The zero-order chi connectivity index (χ0) is 7.72. The Kier molecular flexibility index (Phi) is 2.78. The highest BCUT2D eigenvalue weighted by Gasteiger charge is 2.00. The van der Waals surface area contributed by atoms with Gasteiger partial charge in [-0.2, -0.15) is 0 Å². The fourth-order valence-corrected chi connectivity index (χ4v) is 2.28. The van der Waals surface area contributed by atoms with Gasteiger partial charge in [0.15, 0.2) is 0 Å². The normalized spacial score (nSPS) is 10.0. The molecule has 0 saturated heterocycles. The van der Waals surface area contributed by atoms with Crippen molar-refractivity contribution in [1.82, 2.24) is 0 Å². The molecule has 0 aromatic heterocycles. The van der Waals surface area contributed by atoms with Gasteiger partial charge in [0.05, 0.1) is 0 Å². The monoisotopic (exact) mass is 282 g/mol. The first-order valence-electron chi connectivity index (χ1n) is 2.72. The van der Waals surface area contributed by atoms with Gasteiger partial charge in [-0.15, -0.1) is 0 Å². The third kappa shape index (κ3) is 1.74. The average Bonchev–Trinajstić information content (AvgIpc) is 1.82. The van der Waals surface area contributed by atoms with Crippen molar-refractivity contribution in [3.8, 4) is 0 Å². The molecular formula is C7H5Br2Cl. The maximum Gasteiger partial charge on any atom is 0.0428 e. The largest absolute Gasteiger partial charge is 0.0843 e. The van der Waals surface area contributed by atoms with Crippen molar-refractivity contribution in [3.63, 3.8) is 0 Å². The Labute approximate surface area is 81.8 Å². The lowest BCUT2D eigenvalue weighted by molar-refractivity contribution is 1.39. The Morgan fingerprint density at radius 2 is 1.60 bits per heavy atom. The van der Waals surface area contributed by atoms with E-state index in [1.807, 2.05) is 19.1 Å². The van der Waals surface area contributed by atoms with Gasteiger partial charge in [0.2, 0.25) is 0 Å². The van der Waals surface area contributed by atoms with Crippen molar-refractivity contribution >= 4 is 43.5 Å². The summed E-state index contributed by atoms with van der Waals surface area (Å²) in [5, 5.41) is 0.740. The quantitative estimate of drug-likeness (QED) is 0.670. The number of hydrogen-bond acceptors (Lipinski definition) is 0. The third-order valence-electron chi connectivity index (χ3n) is 1.25. The Morgan fingerprint density at radius 3 is 2.00 bits per heavy atom. The SMILES string of the molecule is Cc1c(Br)cc(Cl)cc1Br. The molecule has 0 radical (unpaired) electrons. The van der Waals surface area contributed by atoms with E-state index in [0.29, 0.717) is 0 Å².